The zero-order valence-electron chi connectivity index (χ0n) is 9.83. The van der Waals surface area contributed by atoms with Crippen molar-refractivity contribution < 1.29 is 9.53 Å². The maximum absolute atomic E-state index is 11.7. The van der Waals surface area contributed by atoms with Gasteiger partial charge in [0.15, 0.2) is 0 Å². The van der Waals surface area contributed by atoms with Gasteiger partial charge in [-0.25, -0.2) is 9.80 Å². The summed E-state index contributed by atoms with van der Waals surface area (Å²) in [6, 6.07) is 1.90. The molecule has 0 saturated carbocycles. The molecule has 1 rings (SSSR count). The van der Waals surface area contributed by atoms with E-state index in [1.807, 2.05) is 13.1 Å². The first kappa shape index (κ1) is 13.0. The number of rotatable bonds is 1. The van der Waals surface area contributed by atoms with Gasteiger partial charge in [0.25, 0.3) is 0 Å². The van der Waals surface area contributed by atoms with Crippen molar-refractivity contribution in [1.82, 2.24) is 9.84 Å². The van der Waals surface area contributed by atoms with Crippen molar-refractivity contribution in [2.24, 2.45) is 0 Å². The summed E-state index contributed by atoms with van der Waals surface area (Å²) >= 11 is 1.27. The molecule has 0 radical (unpaired) electrons. The van der Waals surface area contributed by atoms with Gasteiger partial charge in [-0.3, -0.25) is 0 Å². The highest BCUT2D eigenvalue weighted by atomic mass is 32.2. The van der Waals surface area contributed by atoms with Gasteiger partial charge in [0.2, 0.25) is 0 Å². The molecule has 0 atom stereocenters. The van der Waals surface area contributed by atoms with Crippen LogP contribution in [0.5, 0.6) is 0 Å². The maximum atomic E-state index is 11.7. The fraction of sp³-hybridized carbons (Fsp3) is 0.600. The normalized spacial score (nSPS) is 20.4. The Morgan fingerprint density at radius 2 is 2.25 bits per heavy atom. The molecule has 1 N–H and O–H groups in total. The van der Waals surface area contributed by atoms with Crippen LogP contribution in [0.25, 0.3) is 0 Å². The molecule has 0 amide bonds. The third kappa shape index (κ3) is 3.52. The zero-order chi connectivity index (χ0) is 12.3. The van der Waals surface area contributed by atoms with Crippen LogP contribution in [0, 0.1) is 11.3 Å². The SMILES string of the molecule is CN1C/C(=C(/C#N)C(=O)OC(C)(C)C)SN1. The monoisotopic (exact) mass is 241 g/mol. The summed E-state index contributed by atoms with van der Waals surface area (Å²) in [4.78, 5) is 15.4. The van der Waals surface area contributed by atoms with E-state index in [0.29, 0.717) is 11.4 Å². The molecule has 1 heterocycles. The summed E-state index contributed by atoms with van der Waals surface area (Å²) in [5, 5.41) is 10.8. The standard InChI is InChI=1S/C10H15N3O2S/c1-10(2,3)15-9(14)7(5-11)8-6-13(4)12-16-8/h12H,6H2,1-4H3/b8-7+. The van der Waals surface area contributed by atoms with E-state index in [2.05, 4.69) is 4.83 Å². The van der Waals surface area contributed by atoms with E-state index >= 15 is 0 Å². The zero-order valence-corrected chi connectivity index (χ0v) is 10.6. The first-order valence-corrected chi connectivity index (χ1v) is 5.65. The minimum atomic E-state index is -0.581. The van der Waals surface area contributed by atoms with Gasteiger partial charge < -0.3 is 4.74 Å². The molecule has 0 aromatic carbocycles. The Morgan fingerprint density at radius 3 is 2.62 bits per heavy atom. The molecular weight excluding hydrogens is 226 g/mol. The fourth-order valence-electron chi connectivity index (χ4n) is 1.09. The molecule has 0 bridgehead atoms. The molecule has 88 valence electrons. The second kappa shape index (κ2) is 4.87. The Labute approximate surface area is 99.5 Å². The number of carbonyl (C=O) groups is 1. The molecule has 0 aliphatic carbocycles. The summed E-state index contributed by atoms with van der Waals surface area (Å²) in [6.07, 6.45) is 0. The second-order valence-electron chi connectivity index (χ2n) is 4.46. The van der Waals surface area contributed by atoms with E-state index in [1.54, 1.807) is 25.8 Å². The lowest BCUT2D eigenvalue weighted by atomic mass is 10.2. The molecule has 0 spiro atoms. The Bertz CT molecular complexity index is 365. The van der Waals surface area contributed by atoms with Crippen molar-refractivity contribution in [3.05, 3.63) is 10.5 Å². The summed E-state index contributed by atoms with van der Waals surface area (Å²) < 4.78 is 5.16. The van der Waals surface area contributed by atoms with Gasteiger partial charge in [0.1, 0.15) is 17.2 Å². The Morgan fingerprint density at radius 1 is 1.62 bits per heavy atom. The van der Waals surface area contributed by atoms with Gasteiger partial charge in [-0.2, -0.15) is 10.1 Å². The second-order valence-corrected chi connectivity index (χ2v) is 5.34. The Kier molecular flexibility index (Phi) is 3.97. The Balaban J connectivity index is 2.84. The number of ether oxygens (including phenoxy) is 1. The average molecular weight is 241 g/mol. The van der Waals surface area contributed by atoms with Crippen molar-refractivity contribution in [2.75, 3.05) is 13.6 Å². The van der Waals surface area contributed by atoms with Gasteiger partial charge >= 0.3 is 5.97 Å². The third-order valence-electron chi connectivity index (χ3n) is 1.70. The molecule has 1 aliphatic rings. The number of nitriles is 1. The van der Waals surface area contributed by atoms with E-state index in [9.17, 15) is 4.79 Å². The molecule has 16 heavy (non-hydrogen) atoms. The van der Waals surface area contributed by atoms with Gasteiger partial charge in [-0.05, 0) is 32.7 Å². The van der Waals surface area contributed by atoms with Crippen LogP contribution in [0.3, 0.4) is 0 Å². The largest absolute Gasteiger partial charge is 0.456 e. The van der Waals surface area contributed by atoms with E-state index < -0.39 is 11.6 Å². The molecule has 6 heteroatoms. The van der Waals surface area contributed by atoms with Crippen molar-refractivity contribution in [1.29, 1.82) is 5.26 Å². The van der Waals surface area contributed by atoms with E-state index in [-0.39, 0.29) is 5.57 Å². The number of carbonyl (C=O) groups excluding carboxylic acids is 1. The quantitative estimate of drug-likeness (QED) is 0.322. The third-order valence-corrected chi connectivity index (χ3v) is 2.68. The number of nitrogens with zero attached hydrogens (tertiary/aromatic N) is 2. The van der Waals surface area contributed by atoms with E-state index in [0.717, 1.165) is 0 Å². The minimum Gasteiger partial charge on any atom is -0.456 e. The van der Waals surface area contributed by atoms with Gasteiger partial charge in [-0.15, -0.1) is 0 Å². The van der Waals surface area contributed by atoms with Crippen LogP contribution in [0.4, 0.5) is 0 Å². The fourth-order valence-corrected chi connectivity index (χ4v) is 1.91. The lowest BCUT2D eigenvalue weighted by Gasteiger charge is -2.19. The molecule has 1 saturated heterocycles. The topological polar surface area (TPSA) is 65.4 Å². The highest BCUT2D eigenvalue weighted by Gasteiger charge is 2.26. The van der Waals surface area contributed by atoms with Crippen LogP contribution in [0.1, 0.15) is 20.8 Å². The van der Waals surface area contributed by atoms with Crippen LogP contribution in [0.15, 0.2) is 10.5 Å². The van der Waals surface area contributed by atoms with Crippen LogP contribution in [0.2, 0.25) is 0 Å². The number of hydrogen-bond donors (Lipinski definition) is 1. The van der Waals surface area contributed by atoms with Gasteiger partial charge in [0.05, 0.1) is 0 Å². The van der Waals surface area contributed by atoms with Crippen LogP contribution >= 0.6 is 11.9 Å². The lowest BCUT2D eigenvalue weighted by Crippen LogP contribution is -2.25. The van der Waals surface area contributed by atoms with Crippen molar-refractivity contribution in [3.63, 3.8) is 0 Å². The Hall–Kier alpha value is -1.03. The molecular formula is C10H15N3O2S. The van der Waals surface area contributed by atoms with Crippen molar-refractivity contribution in [3.8, 4) is 6.07 Å². The molecule has 5 nitrogen and oxygen atoms in total. The molecule has 0 unspecified atom stereocenters. The van der Waals surface area contributed by atoms with Crippen molar-refractivity contribution in [2.45, 2.75) is 26.4 Å². The van der Waals surface area contributed by atoms with Crippen LogP contribution in [-0.4, -0.2) is 30.2 Å². The highest BCUT2D eigenvalue weighted by Crippen LogP contribution is 2.25. The number of esters is 1. The molecule has 1 fully saturated rings. The predicted molar refractivity (Wildman–Crippen MR) is 61.8 cm³/mol. The van der Waals surface area contributed by atoms with Crippen molar-refractivity contribution >= 4 is 17.9 Å². The van der Waals surface area contributed by atoms with E-state index in [1.165, 1.54) is 11.9 Å². The number of hydrogen-bond acceptors (Lipinski definition) is 6. The van der Waals surface area contributed by atoms with E-state index in [4.69, 9.17) is 10.00 Å². The first-order chi connectivity index (χ1) is 7.33. The number of hydrazine groups is 1. The smallest absolute Gasteiger partial charge is 0.350 e. The average Bonchev–Trinajstić information content (AvgIpc) is 2.49. The van der Waals surface area contributed by atoms with Gasteiger partial charge in [0, 0.05) is 18.5 Å². The maximum Gasteiger partial charge on any atom is 0.350 e. The molecule has 1 aliphatic heterocycles. The molecule has 0 aromatic heterocycles. The van der Waals surface area contributed by atoms with Crippen LogP contribution in [-0.2, 0) is 9.53 Å². The van der Waals surface area contributed by atoms with Crippen LogP contribution < -0.4 is 4.83 Å². The molecule has 0 aromatic rings. The summed E-state index contributed by atoms with van der Waals surface area (Å²) in [5.74, 6) is -0.561. The number of nitrogens with one attached hydrogen (secondary N) is 1. The number of likely N-dealkylation sites (N-methyl/N-ethyl adjacent to an activating group) is 1. The summed E-state index contributed by atoms with van der Waals surface area (Å²) in [6.45, 7) is 5.86. The summed E-state index contributed by atoms with van der Waals surface area (Å²) in [7, 11) is 1.84. The summed E-state index contributed by atoms with van der Waals surface area (Å²) in [5.41, 5.74) is -0.501. The first-order valence-electron chi connectivity index (χ1n) is 4.83. The highest BCUT2D eigenvalue weighted by molar-refractivity contribution is 8.01. The predicted octanol–water partition coefficient (Wildman–Crippen LogP) is 1.20. The van der Waals surface area contributed by atoms with Gasteiger partial charge in [-0.1, -0.05) is 0 Å². The lowest BCUT2D eigenvalue weighted by molar-refractivity contribution is -0.149. The minimum absolute atomic E-state index is 0.0803.